The topological polar surface area (TPSA) is 3.24 Å². The molecule has 0 aromatic heterocycles. The number of nitrogens with zero attached hydrogens (tertiary/aromatic N) is 1. The summed E-state index contributed by atoms with van der Waals surface area (Å²) in [5, 5.41) is 4.38. The van der Waals surface area contributed by atoms with E-state index < -0.39 is 7.26 Å². The van der Waals surface area contributed by atoms with E-state index >= 15 is 0 Å². The Kier molecular flexibility index (Phi) is 6.85. The van der Waals surface area contributed by atoms with Crippen molar-refractivity contribution in [3.63, 3.8) is 0 Å². The molecule has 0 aliphatic rings. The number of hydrogen-bond acceptors (Lipinski definition) is 1. The van der Waals surface area contributed by atoms with Crippen LogP contribution in [0.3, 0.4) is 0 Å². The summed E-state index contributed by atoms with van der Waals surface area (Å²) >= 11 is 0. The van der Waals surface area contributed by atoms with E-state index in [1.807, 2.05) is 0 Å². The molecule has 0 spiro atoms. The zero-order valence-electron chi connectivity index (χ0n) is 18.5. The summed E-state index contributed by atoms with van der Waals surface area (Å²) in [6.45, 7) is 6.50. The number of rotatable bonds is 8. The summed E-state index contributed by atoms with van der Waals surface area (Å²) in [6.07, 6.45) is 1.05. The van der Waals surface area contributed by atoms with Crippen molar-refractivity contribution in [3.8, 4) is 0 Å². The molecule has 0 aliphatic heterocycles. The van der Waals surface area contributed by atoms with Crippen LogP contribution >= 0.6 is 7.26 Å². The van der Waals surface area contributed by atoms with E-state index in [0.29, 0.717) is 0 Å². The quantitative estimate of drug-likeness (QED) is 0.325. The predicted octanol–water partition coefficient (Wildman–Crippen LogP) is 5.76. The summed E-state index contributed by atoms with van der Waals surface area (Å²) in [4.78, 5) is 2.40. The maximum atomic E-state index is 2.40. The third kappa shape index (κ3) is 4.43. The fraction of sp³-hybridized carbons (Fsp3) is 0.172. The molecule has 4 aromatic carbocycles. The Hall–Kier alpha value is -2.89. The molecule has 158 valence electrons. The fourth-order valence-corrected chi connectivity index (χ4v) is 9.44. The van der Waals surface area contributed by atoms with Crippen LogP contribution < -0.4 is 20.8 Å². The molecule has 2 heteroatoms. The molecule has 0 saturated heterocycles. The minimum absolute atomic E-state index is 1.03. The van der Waals surface area contributed by atoms with Gasteiger partial charge in [-0.15, -0.1) is 0 Å². The second-order valence-electron chi connectivity index (χ2n) is 8.02. The third-order valence-electron chi connectivity index (χ3n) is 6.33. The first-order valence-corrected chi connectivity index (χ1v) is 13.5. The first-order valence-electron chi connectivity index (χ1n) is 11.3. The van der Waals surface area contributed by atoms with E-state index in [2.05, 4.69) is 134 Å². The van der Waals surface area contributed by atoms with Crippen molar-refractivity contribution in [2.24, 2.45) is 0 Å². The number of benzene rings is 4. The van der Waals surface area contributed by atoms with Crippen LogP contribution in [0.1, 0.15) is 19.4 Å². The van der Waals surface area contributed by atoms with Gasteiger partial charge >= 0.3 is 188 Å². The molecule has 0 aliphatic carbocycles. The molecule has 1 nitrogen and oxygen atoms in total. The van der Waals surface area contributed by atoms with E-state index in [0.717, 1.165) is 19.3 Å². The van der Waals surface area contributed by atoms with E-state index in [1.165, 1.54) is 27.2 Å². The van der Waals surface area contributed by atoms with Crippen molar-refractivity contribution in [1.29, 1.82) is 0 Å². The van der Waals surface area contributed by atoms with Gasteiger partial charge in [-0.2, -0.15) is 0 Å². The molecular weight excluding hydrogens is 393 g/mol. The summed E-state index contributed by atoms with van der Waals surface area (Å²) in [7, 11) is -2.24. The zero-order valence-corrected chi connectivity index (χ0v) is 19.5. The monoisotopic (exact) mass is 425 g/mol. The Morgan fingerprint density at radius 1 is 0.516 bits per heavy atom. The van der Waals surface area contributed by atoms with Gasteiger partial charge in [-0.1, -0.05) is 0 Å². The maximum absolute atomic E-state index is 2.40. The summed E-state index contributed by atoms with van der Waals surface area (Å²) in [5.41, 5.74) is 2.71. The van der Waals surface area contributed by atoms with Gasteiger partial charge < -0.3 is 0 Å². The van der Waals surface area contributed by atoms with Gasteiger partial charge in [0.05, 0.1) is 0 Å². The number of anilines is 1. The standard InChI is InChI=1S/C29H32NP/c1-3-30(4-2)26-22-20-25(21-23-26)24-31(27-14-8-5-9-15-27,28-16-10-6-11-17-28)29-18-12-7-13-19-29/h5-23,31H,3-4,24H2,1-2H3. The molecule has 0 saturated carbocycles. The molecule has 0 bridgehead atoms. The first kappa shape index (κ1) is 21.3. The average Bonchev–Trinajstić information content (AvgIpc) is 2.86. The Bertz CT molecular complexity index is 959. The van der Waals surface area contributed by atoms with Crippen LogP contribution in [0.15, 0.2) is 115 Å². The van der Waals surface area contributed by atoms with Crippen LogP contribution in [-0.4, -0.2) is 13.1 Å². The van der Waals surface area contributed by atoms with Gasteiger partial charge in [0, 0.05) is 0 Å². The van der Waals surface area contributed by atoms with Gasteiger partial charge in [0.2, 0.25) is 0 Å². The molecular formula is C29H32NP. The van der Waals surface area contributed by atoms with Crippen LogP contribution in [-0.2, 0) is 6.16 Å². The third-order valence-corrected chi connectivity index (χ3v) is 11.2. The second kappa shape index (κ2) is 9.94. The van der Waals surface area contributed by atoms with Gasteiger partial charge in [0.15, 0.2) is 0 Å². The van der Waals surface area contributed by atoms with Crippen LogP contribution in [0.25, 0.3) is 0 Å². The average molecular weight is 426 g/mol. The van der Waals surface area contributed by atoms with Crippen LogP contribution in [0.4, 0.5) is 5.69 Å². The van der Waals surface area contributed by atoms with Crippen LogP contribution in [0.2, 0.25) is 0 Å². The zero-order chi connectivity index (χ0) is 21.5. The summed E-state index contributed by atoms with van der Waals surface area (Å²) in [6, 6.07) is 42.7. The Morgan fingerprint density at radius 3 is 1.26 bits per heavy atom. The number of hydrogen-bond donors (Lipinski definition) is 0. The van der Waals surface area contributed by atoms with E-state index in [-0.39, 0.29) is 0 Å². The molecule has 0 radical (unpaired) electrons. The normalized spacial score (nSPS) is 11.8. The van der Waals surface area contributed by atoms with Gasteiger partial charge in [0.25, 0.3) is 0 Å². The summed E-state index contributed by atoms with van der Waals surface area (Å²) < 4.78 is 0. The Balaban J connectivity index is 1.87. The molecule has 0 unspecified atom stereocenters. The van der Waals surface area contributed by atoms with Crippen LogP contribution in [0.5, 0.6) is 0 Å². The first-order chi connectivity index (χ1) is 15.3. The van der Waals surface area contributed by atoms with Gasteiger partial charge in [-0.3, -0.25) is 0 Å². The van der Waals surface area contributed by atoms with Crippen molar-refractivity contribution in [1.82, 2.24) is 0 Å². The van der Waals surface area contributed by atoms with E-state index in [4.69, 9.17) is 0 Å². The van der Waals surface area contributed by atoms with Crippen molar-refractivity contribution in [2.45, 2.75) is 20.0 Å². The summed E-state index contributed by atoms with van der Waals surface area (Å²) in [5.74, 6) is 0. The van der Waals surface area contributed by atoms with Gasteiger partial charge in [-0.05, 0) is 0 Å². The predicted molar refractivity (Wildman–Crippen MR) is 140 cm³/mol. The Morgan fingerprint density at radius 2 is 0.903 bits per heavy atom. The van der Waals surface area contributed by atoms with E-state index in [1.54, 1.807) is 0 Å². The molecule has 0 heterocycles. The minimum atomic E-state index is -2.24. The van der Waals surface area contributed by atoms with E-state index in [9.17, 15) is 0 Å². The molecule has 4 rings (SSSR count). The SMILES string of the molecule is CCN(CC)c1ccc(C[PH](c2ccccc2)(c2ccccc2)c2ccccc2)cc1. The molecule has 0 N–H and O–H groups in total. The molecule has 0 amide bonds. The second-order valence-corrected chi connectivity index (χ2v) is 11.9. The van der Waals surface area contributed by atoms with Gasteiger partial charge in [-0.25, -0.2) is 0 Å². The van der Waals surface area contributed by atoms with Crippen molar-refractivity contribution >= 4 is 28.9 Å². The van der Waals surface area contributed by atoms with Crippen molar-refractivity contribution in [2.75, 3.05) is 18.0 Å². The molecule has 4 aromatic rings. The molecule has 0 atom stereocenters. The van der Waals surface area contributed by atoms with Crippen molar-refractivity contribution in [3.05, 3.63) is 121 Å². The molecule has 0 fully saturated rings. The fourth-order valence-electron chi connectivity index (χ4n) is 4.69. The van der Waals surface area contributed by atoms with Crippen molar-refractivity contribution < 1.29 is 0 Å². The van der Waals surface area contributed by atoms with Crippen LogP contribution in [0, 0.1) is 0 Å². The Labute approximate surface area is 187 Å². The molecule has 31 heavy (non-hydrogen) atoms. The van der Waals surface area contributed by atoms with Gasteiger partial charge in [0.1, 0.15) is 0 Å².